The molecule has 0 saturated heterocycles. The largest absolute Gasteiger partial charge is 0.461 e. The smallest absolute Gasteiger partial charge is 0.359 e. The van der Waals surface area contributed by atoms with E-state index >= 15 is 0 Å². The zero-order chi connectivity index (χ0) is 11.9. The Morgan fingerprint density at radius 1 is 1.56 bits per heavy atom. The van der Waals surface area contributed by atoms with E-state index in [4.69, 9.17) is 4.74 Å². The Kier molecular flexibility index (Phi) is 2.71. The summed E-state index contributed by atoms with van der Waals surface area (Å²) in [7, 11) is 0. The first-order valence-corrected chi connectivity index (χ1v) is 5.51. The lowest BCUT2D eigenvalue weighted by molar-refractivity contribution is 0.0516. The van der Waals surface area contributed by atoms with Crippen molar-refractivity contribution < 1.29 is 14.6 Å². The van der Waals surface area contributed by atoms with Crippen molar-refractivity contribution in [2.75, 3.05) is 6.61 Å². The summed E-state index contributed by atoms with van der Waals surface area (Å²) in [5, 5.41) is 16.6. The number of carbonyl (C=O) groups excluding carboxylic acids is 1. The fourth-order valence-electron chi connectivity index (χ4n) is 2.20. The third-order valence-electron chi connectivity index (χ3n) is 3.34. The van der Waals surface area contributed by atoms with Gasteiger partial charge in [-0.1, -0.05) is 13.8 Å². The number of rotatable bonds is 2. The number of nitrogens with zero attached hydrogens (tertiary/aromatic N) is 1. The molecule has 2 N–H and O–H groups in total. The number of esters is 1. The van der Waals surface area contributed by atoms with Crippen LogP contribution in [0, 0.1) is 5.92 Å². The fourth-order valence-corrected chi connectivity index (χ4v) is 2.20. The maximum atomic E-state index is 11.6. The highest BCUT2D eigenvalue weighted by Crippen LogP contribution is 2.45. The van der Waals surface area contributed by atoms with Crippen LogP contribution < -0.4 is 0 Å². The van der Waals surface area contributed by atoms with Crippen LogP contribution in [-0.4, -0.2) is 27.9 Å². The minimum atomic E-state index is -0.569. The van der Waals surface area contributed by atoms with E-state index in [-0.39, 0.29) is 11.8 Å². The first-order chi connectivity index (χ1) is 7.57. The van der Waals surface area contributed by atoms with Gasteiger partial charge in [0.05, 0.1) is 18.4 Å². The summed E-state index contributed by atoms with van der Waals surface area (Å²) in [6.45, 7) is 6.02. The highest BCUT2D eigenvalue weighted by atomic mass is 16.5. The Hall–Kier alpha value is -1.36. The van der Waals surface area contributed by atoms with Crippen molar-refractivity contribution in [2.45, 2.75) is 32.8 Å². The summed E-state index contributed by atoms with van der Waals surface area (Å²) >= 11 is 0. The Balaban J connectivity index is 2.39. The normalized spacial score (nSPS) is 27.9. The summed E-state index contributed by atoms with van der Waals surface area (Å²) in [5.74, 6) is -0.214. The standard InChI is InChI=1S/C11H16N2O3/c1-4-16-11(15)9-7-5(2)6(3)10(14)8(7)12-13-9/h5-6,10,14H,4H2,1-3H3,(H,12,13)/t5-,6+,10?/m0/s1. The zero-order valence-electron chi connectivity index (χ0n) is 9.65. The maximum Gasteiger partial charge on any atom is 0.359 e. The number of nitrogens with one attached hydrogen (secondary N) is 1. The van der Waals surface area contributed by atoms with Crippen LogP contribution in [-0.2, 0) is 4.74 Å². The summed E-state index contributed by atoms with van der Waals surface area (Å²) in [4.78, 5) is 11.6. The highest BCUT2D eigenvalue weighted by molar-refractivity contribution is 5.89. The molecular weight excluding hydrogens is 208 g/mol. The van der Waals surface area contributed by atoms with Crippen LogP contribution in [0.1, 0.15) is 54.5 Å². The molecule has 0 bridgehead atoms. The second-order valence-corrected chi connectivity index (χ2v) is 4.21. The maximum absolute atomic E-state index is 11.6. The summed E-state index contributed by atoms with van der Waals surface area (Å²) < 4.78 is 4.93. The van der Waals surface area contributed by atoms with Crippen LogP contribution in [0.25, 0.3) is 0 Å². The lowest BCUT2D eigenvalue weighted by atomic mass is 9.95. The number of H-pyrrole nitrogens is 1. The summed E-state index contributed by atoms with van der Waals surface area (Å²) in [6, 6.07) is 0. The molecule has 0 radical (unpaired) electrons. The van der Waals surface area contributed by atoms with Crippen molar-refractivity contribution in [3.63, 3.8) is 0 Å². The predicted octanol–water partition coefficient (Wildman–Crippen LogP) is 1.37. The third kappa shape index (κ3) is 1.43. The van der Waals surface area contributed by atoms with Crippen molar-refractivity contribution in [2.24, 2.45) is 5.92 Å². The van der Waals surface area contributed by atoms with E-state index < -0.39 is 12.1 Å². The monoisotopic (exact) mass is 224 g/mol. The minimum Gasteiger partial charge on any atom is -0.461 e. The molecule has 5 heteroatoms. The molecule has 1 aromatic rings. The van der Waals surface area contributed by atoms with Crippen LogP contribution in [0.2, 0.25) is 0 Å². The van der Waals surface area contributed by atoms with Crippen molar-refractivity contribution in [3.05, 3.63) is 17.0 Å². The zero-order valence-corrected chi connectivity index (χ0v) is 9.65. The van der Waals surface area contributed by atoms with Gasteiger partial charge in [0.1, 0.15) is 0 Å². The molecule has 5 nitrogen and oxygen atoms in total. The van der Waals surface area contributed by atoms with Gasteiger partial charge in [-0.2, -0.15) is 5.10 Å². The molecular formula is C11H16N2O3. The van der Waals surface area contributed by atoms with Gasteiger partial charge in [0.25, 0.3) is 0 Å². The first kappa shape index (κ1) is 11.1. The first-order valence-electron chi connectivity index (χ1n) is 5.51. The van der Waals surface area contributed by atoms with Gasteiger partial charge in [-0.05, 0) is 18.8 Å². The number of aliphatic hydroxyl groups excluding tert-OH is 1. The van der Waals surface area contributed by atoms with Crippen molar-refractivity contribution in [1.29, 1.82) is 0 Å². The quantitative estimate of drug-likeness (QED) is 0.744. The molecule has 0 aromatic carbocycles. The van der Waals surface area contributed by atoms with Gasteiger partial charge in [-0.3, -0.25) is 5.10 Å². The van der Waals surface area contributed by atoms with Gasteiger partial charge in [-0.25, -0.2) is 4.79 Å². The molecule has 0 spiro atoms. The van der Waals surface area contributed by atoms with Crippen molar-refractivity contribution in [1.82, 2.24) is 10.2 Å². The second-order valence-electron chi connectivity index (χ2n) is 4.21. The molecule has 1 aromatic heterocycles. The Morgan fingerprint density at radius 3 is 2.88 bits per heavy atom. The molecule has 1 aliphatic carbocycles. The van der Waals surface area contributed by atoms with E-state index in [0.29, 0.717) is 18.0 Å². The molecule has 1 aliphatic rings. The number of hydrogen-bond acceptors (Lipinski definition) is 4. The van der Waals surface area contributed by atoms with E-state index in [0.717, 1.165) is 5.56 Å². The van der Waals surface area contributed by atoms with E-state index in [1.807, 2.05) is 13.8 Å². The Morgan fingerprint density at radius 2 is 2.25 bits per heavy atom. The van der Waals surface area contributed by atoms with E-state index in [9.17, 15) is 9.90 Å². The molecule has 0 amide bonds. The number of ether oxygens (including phenoxy) is 1. The predicted molar refractivity (Wildman–Crippen MR) is 57.1 cm³/mol. The number of hydrogen-bond donors (Lipinski definition) is 2. The number of fused-ring (bicyclic) bond motifs is 1. The molecule has 0 aliphatic heterocycles. The van der Waals surface area contributed by atoms with Gasteiger partial charge in [0.2, 0.25) is 0 Å². The molecule has 16 heavy (non-hydrogen) atoms. The Bertz CT molecular complexity index is 413. The molecule has 0 fully saturated rings. The lowest BCUT2D eigenvalue weighted by Gasteiger charge is -2.13. The van der Waals surface area contributed by atoms with Gasteiger partial charge in [0.15, 0.2) is 5.69 Å². The fraction of sp³-hybridized carbons (Fsp3) is 0.636. The number of aromatic amines is 1. The van der Waals surface area contributed by atoms with Crippen LogP contribution >= 0.6 is 0 Å². The van der Waals surface area contributed by atoms with Crippen LogP contribution in [0.4, 0.5) is 0 Å². The number of aromatic nitrogens is 2. The molecule has 1 heterocycles. The van der Waals surface area contributed by atoms with E-state index in [2.05, 4.69) is 10.2 Å². The van der Waals surface area contributed by atoms with Gasteiger partial charge in [-0.15, -0.1) is 0 Å². The van der Waals surface area contributed by atoms with Crippen molar-refractivity contribution in [3.8, 4) is 0 Å². The second kappa shape index (κ2) is 3.90. The van der Waals surface area contributed by atoms with Gasteiger partial charge < -0.3 is 9.84 Å². The summed E-state index contributed by atoms with van der Waals surface area (Å²) in [6.07, 6.45) is -0.569. The lowest BCUT2D eigenvalue weighted by Crippen LogP contribution is -2.11. The topological polar surface area (TPSA) is 75.2 Å². The highest BCUT2D eigenvalue weighted by Gasteiger charge is 2.40. The SMILES string of the molecule is CCOC(=O)c1n[nH]c2c1[C@@H](C)[C@@H](C)C2O. The molecule has 88 valence electrons. The van der Waals surface area contributed by atoms with Crippen LogP contribution in [0.15, 0.2) is 0 Å². The van der Waals surface area contributed by atoms with Crippen LogP contribution in [0.5, 0.6) is 0 Å². The minimum absolute atomic E-state index is 0.0948. The summed E-state index contributed by atoms with van der Waals surface area (Å²) in [5.41, 5.74) is 1.77. The molecule has 2 rings (SSSR count). The number of aliphatic hydroxyl groups is 1. The van der Waals surface area contributed by atoms with Crippen molar-refractivity contribution >= 4 is 5.97 Å². The van der Waals surface area contributed by atoms with Gasteiger partial charge in [0, 0.05) is 5.56 Å². The van der Waals surface area contributed by atoms with Crippen LogP contribution in [0.3, 0.4) is 0 Å². The third-order valence-corrected chi connectivity index (χ3v) is 3.34. The van der Waals surface area contributed by atoms with E-state index in [1.165, 1.54) is 0 Å². The average Bonchev–Trinajstić information content (AvgIpc) is 2.77. The number of carbonyl (C=O) groups is 1. The molecule has 1 unspecified atom stereocenters. The average molecular weight is 224 g/mol. The molecule has 3 atom stereocenters. The van der Waals surface area contributed by atoms with E-state index in [1.54, 1.807) is 6.92 Å². The molecule has 0 saturated carbocycles. The van der Waals surface area contributed by atoms with Gasteiger partial charge >= 0.3 is 5.97 Å². The Labute approximate surface area is 93.8 Å².